The first-order chi connectivity index (χ1) is 18.0. The van der Waals surface area contributed by atoms with Crippen LogP contribution in [0.2, 0.25) is 0 Å². The van der Waals surface area contributed by atoms with Crippen molar-refractivity contribution in [3.8, 4) is 6.07 Å². The van der Waals surface area contributed by atoms with Gasteiger partial charge in [-0.2, -0.15) is 18.4 Å². The van der Waals surface area contributed by atoms with Gasteiger partial charge in [-0.25, -0.2) is 24.6 Å². The first-order valence-electron chi connectivity index (χ1n) is 13.2. The normalized spacial score (nSPS) is 30.2. The Bertz CT molecular complexity index is 1240. The second kappa shape index (κ2) is 7.58. The predicted molar refractivity (Wildman–Crippen MR) is 127 cm³/mol. The zero-order chi connectivity index (χ0) is 26.6. The van der Waals surface area contributed by atoms with E-state index in [4.69, 9.17) is 5.26 Å². The van der Waals surface area contributed by atoms with E-state index < -0.39 is 28.8 Å². The Morgan fingerprint density at radius 1 is 1.11 bits per heavy atom. The lowest BCUT2D eigenvalue weighted by atomic mass is 9.53. The first kappa shape index (κ1) is 24.1. The van der Waals surface area contributed by atoms with Crippen LogP contribution in [-0.4, -0.2) is 64.7 Å². The third-order valence-electron chi connectivity index (χ3n) is 9.89. The van der Waals surface area contributed by atoms with Crippen molar-refractivity contribution in [2.24, 2.45) is 27.7 Å². The predicted octanol–water partition coefficient (Wildman–Crippen LogP) is 3.39. The molecule has 8 nitrogen and oxygen atoms in total. The fourth-order valence-electron chi connectivity index (χ4n) is 7.96. The molecular weight excluding hydrogens is 502 g/mol. The average Bonchev–Trinajstić information content (AvgIpc) is 3.33. The molecule has 0 aromatic carbocycles. The summed E-state index contributed by atoms with van der Waals surface area (Å²) < 4.78 is 54.8. The van der Waals surface area contributed by atoms with Crippen LogP contribution in [0.1, 0.15) is 55.3 Å². The standard InChI is InChI=1S/C26H29F4N7O/c27-24(1-2-24)25(33-15-34-35-25)18-7-23(8-18)13-37(14-23)21(38)36-11-22(12-36)5-17(6-22)3-16-4-19(26(28,29)30)20(9-31)32-10-16/h4,10,15,17-18,35H,1-3,5-8,11-14H2,(H,33,34). The van der Waals surface area contributed by atoms with E-state index in [2.05, 4.69) is 20.8 Å². The van der Waals surface area contributed by atoms with Gasteiger partial charge in [-0.3, -0.25) is 0 Å². The maximum Gasteiger partial charge on any atom is 0.419 e. The van der Waals surface area contributed by atoms with Gasteiger partial charge in [0.25, 0.3) is 0 Å². The molecule has 5 fully saturated rings. The van der Waals surface area contributed by atoms with Gasteiger partial charge >= 0.3 is 12.2 Å². The number of alkyl halides is 4. The summed E-state index contributed by atoms with van der Waals surface area (Å²) in [5, 5.41) is 8.92. The van der Waals surface area contributed by atoms with E-state index in [1.807, 2.05) is 9.80 Å². The molecule has 1 aromatic rings. The number of likely N-dealkylation sites (tertiary alicyclic amines) is 2. The minimum Gasteiger partial charge on any atom is -0.323 e. The fraction of sp³-hybridized carbons (Fsp3) is 0.692. The number of halogens is 4. The number of carbonyl (C=O) groups excluding carboxylic acids is 1. The zero-order valence-electron chi connectivity index (χ0n) is 20.8. The van der Waals surface area contributed by atoms with Gasteiger partial charge in [-0.15, -0.1) is 0 Å². The van der Waals surface area contributed by atoms with Crippen LogP contribution in [0, 0.1) is 34.0 Å². The molecule has 202 valence electrons. The van der Waals surface area contributed by atoms with Gasteiger partial charge < -0.3 is 15.2 Å². The Morgan fingerprint density at radius 3 is 2.26 bits per heavy atom. The number of amides is 2. The molecule has 0 radical (unpaired) electrons. The number of hydrogen-bond acceptors (Lipinski definition) is 6. The van der Waals surface area contributed by atoms with E-state index in [-0.39, 0.29) is 28.7 Å². The number of aliphatic imine (C=N–C) groups is 1. The molecule has 1 atom stereocenters. The van der Waals surface area contributed by atoms with Gasteiger partial charge in [0.2, 0.25) is 0 Å². The van der Waals surface area contributed by atoms with Crippen molar-refractivity contribution in [1.29, 1.82) is 5.26 Å². The molecule has 2 saturated heterocycles. The van der Waals surface area contributed by atoms with E-state index in [0.717, 1.165) is 31.7 Å². The molecule has 3 aliphatic carbocycles. The fourth-order valence-corrected chi connectivity index (χ4v) is 7.96. The van der Waals surface area contributed by atoms with Crippen LogP contribution in [0.3, 0.4) is 0 Å². The van der Waals surface area contributed by atoms with Crippen LogP contribution in [-0.2, 0) is 12.6 Å². The molecule has 2 N–H and O–H groups in total. The van der Waals surface area contributed by atoms with Crippen molar-refractivity contribution in [3.05, 3.63) is 29.1 Å². The number of carbonyl (C=O) groups is 1. The molecule has 3 saturated carbocycles. The summed E-state index contributed by atoms with van der Waals surface area (Å²) in [4.78, 5) is 24.9. The van der Waals surface area contributed by atoms with E-state index in [1.165, 1.54) is 12.3 Å². The minimum absolute atomic E-state index is 0.0526. The van der Waals surface area contributed by atoms with Crippen LogP contribution in [0.5, 0.6) is 0 Å². The highest BCUT2D eigenvalue weighted by Gasteiger charge is 2.70. The smallest absolute Gasteiger partial charge is 0.323 e. The molecule has 7 rings (SSSR count). The van der Waals surface area contributed by atoms with Crippen LogP contribution >= 0.6 is 0 Å². The van der Waals surface area contributed by atoms with Crippen LogP contribution in [0.15, 0.2) is 17.3 Å². The largest absolute Gasteiger partial charge is 0.419 e. The third-order valence-corrected chi connectivity index (χ3v) is 9.89. The van der Waals surface area contributed by atoms with Crippen molar-refractivity contribution in [1.82, 2.24) is 25.6 Å². The summed E-state index contributed by atoms with van der Waals surface area (Å²) in [6.07, 6.45) is 3.33. The number of nitrogens with zero attached hydrogens (tertiary/aromatic N) is 5. The van der Waals surface area contributed by atoms with Crippen molar-refractivity contribution in [3.63, 3.8) is 0 Å². The number of aromatic nitrogens is 1. The van der Waals surface area contributed by atoms with Crippen molar-refractivity contribution in [2.75, 3.05) is 26.2 Å². The molecular formula is C26H29F4N7O. The van der Waals surface area contributed by atoms with E-state index in [9.17, 15) is 18.0 Å². The molecule has 2 spiro atoms. The minimum atomic E-state index is -4.61. The second-order valence-corrected chi connectivity index (χ2v) is 12.7. The van der Waals surface area contributed by atoms with Gasteiger partial charge in [0.05, 0.1) is 11.9 Å². The number of hydrogen-bond donors (Lipinski definition) is 2. The number of hydrazine groups is 1. The van der Waals surface area contributed by atoms with Crippen LogP contribution in [0.4, 0.5) is 22.4 Å². The van der Waals surface area contributed by atoms with E-state index in [1.54, 1.807) is 6.34 Å². The van der Waals surface area contributed by atoms with E-state index >= 15 is 4.39 Å². The van der Waals surface area contributed by atoms with Crippen molar-refractivity contribution in [2.45, 2.75) is 62.5 Å². The molecule has 12 heteroatoms. The summed E-state index contributed by atoms with van der Waals surface area (Å²) in [5.41, 5.74) is 2.87. The zero-order valence-corrected chi connectivity index (χ0v) is 20.8. The molecule has 2 amide bonds. The number of pyridine rings is 1. The van der Waals surface area contributed by atoms with Gasteiger partial charge in [0.1, 0.15) is 6.07 Å². The molecule has 1 aromatic heterocycles. The third kappa shape index (κ3) is 3.46. The number of rotatable bonds is 4. The van der Waals surface area contributed by atoms with Gasteiger partial charge in [-0.05, 0) is 62.5 Å². The SMILES string of the molecule is N#Cc1ncc(CC2CC3(C2)CN(C(=O)N2CC4(CC(C5(C6(F)CC6)N=CNN5)C4)C2)C3)cc1C(F)(F)F. The first-order valence-corrected chi connectivity index (χ1v) is 13.2. The van der Waals surface area contributed by atoms with Crippen LogP contribution in [0.25, 0.3) is 0 Å². The lowest BCUT2D eigenvalue weighted by Gasteiger charge is -2.64. The summed E-state index contributed by atoms with van der Waals surface area (Å²) in [6, 6.07) is 2.61. The summed E-state index contributed by atoms with van der Waals surface area (Å²) in [5.74, 6) is 0.373. The topological polar surface area (TPSA) is 96.7 Å². The lowest BCUT2D eigenvalue weighted by Crippen LogP contribution is -2.73. The summed E-state index contributed by atoms with van der Waals surface area (Å²) >= 11 is 0. The van der Waals surface area contributed by atoms with Gasteiger partial charge in [0.15, 0.2) is 17.0 Å². The molecule has 3 aliphatic heterocycles. The maximum atomic E-state index is 15.1. The highest BCUT2D eigenvalue weighted by molar-refractivity contribution is 5.77. The molecule has 0 bridgehead atoms. The highest BCUT2D eigenvalue weighted by Crippen LogP contribution is 2.63. The highest BCUT2D eigenvalue weighted by atomic mass is 19.4. The van der Waals surface area contributed by atoms with Gasteiger partial charge in [-0.1, -0.05) is 0 Å². The van der Waals surface area contributed by atoms with Crippen molar-refractivity contribution < 1.29 is 22.4 Å². The lowest BCUT2D eigenvalue weighted by molar-refractivity contribution is -0.138. The van der Waals surface area contributed by atoms with Crippen LogP contribution < -0.4 is 10.9 Å². The maximum absolute atomic E-state index is 15.1. The van der Waals surface area contributed by atoms with Gasteiger partial charge in [0, 0.05) is 49.1 Å². The Balaban J connectivity index is 0.876. The second-order valence-electron chi connectivity index (χ2n) is 12.7. The Morgan fingerprint density at radius 2 is 1.74 bits per heavy atom. The monoisotopic (exact) mass is 531 g/mol. The Hall–Kier alpha value is -2.94. The number of urea groups is 1. The van der Waals surface area contributed by atoms with E-state index in [0.29, 0.717) is 51.0 Å². The molecule has 4 heterocycles. The Labute approximate surface area is 217 Å². The molecule has 6 aliphatic rings. The molecule has 38 heavy (non-hydrogen) atoms. The average molecular weight is 532 g/mol. The summed E-state index contributed by atoms with van der Waals surface area (Å²) in [6.45, 7) is 2.78. The summed E-state index contributed by atoms with van der Waals surface area (Å²) in [7, 11) is 0. The number of nitrogens with one attached hydrogen (secondary N) is 2. The number of nitriles is 1. The quantitative estimate of drug-likeness (QED) is 0.581. The molecule has 1 unspecified atom stereocenters. The Kier molecular flexibility index (Phi) is 4.81. The van der Waals surface area contributed by atoms with Crippen molar-refractivity contribution >= 4 is 12.4 Å².